The van der Waals surface area contributed by atoms with Crippen molar-refractivity contribution in [3.8, 4) is 5.75 Å². The van der Waals surface area contributed by atoms with Crippen molar-refractivity contribution in [2.45, 2.75) is 58.8 Å². The molecule has 0 aliphatic rings. The zero-order chi connectivity index (χ0) is 26.5. The Hall–Kier alpha value is -2.90. The summed E-state index contributed by atoms with van der Waals surface area (Å²) in [6.45, 7) is 2.82. The molecule has 3 rings (SSSR count). The van der Waals surface area contributed by atoms with Crippen LogP contribution in [0.5, 0.6) is 5.75 Å². The quantitative estimate of drug-likeness (QED) is 0.283. The van der Waals surface area contributed by atoms with Crippen LogP contribution in [0.25, 0.3) is 0 Å². The number of ether oxygens (including phenoxy) is 2. The van der Waals surface area contributed by atoms with Crippen LogP contribution in [0.1, 0.15) is 48.0 Å². The first kappa shape index (κ1) is 27.7. The Bertz CT molecular complexity index is 1270. The van der Waals surface area contributed by atoms with Crippen LogP contribution >= 0.6 is 23.2 Å². The van der Waals surface area contributed by atoms with Crippen LogP contribution in [0.4, 0.5) is 8.78 Å². The van der Waals surface area contributed by atoms with Crippen LogP contribution in [0.3, 0.4) is 0 Å². The summed E-state index contributed by atoms with van der Waals surface area (Å²) in [5.74, 6) is -0.339. The summed E-state index contributed by atoms with van der Waals surface area (Å²) < 4.78 is 36.4. The molecule has 0 aliphatic heterocycles. The molecule has 0 saturated heterocycles. The third kappa shape index (κ3) is 7.80. The van der Waals surface area contributed by atoms with Crippen molar-refractivity contribution < 1.29 is 23.0 Å². The number of alkyl halides is 2. The Balaban J connectivity index is 1.75. The van der Waals surface area contributed by atoms with E-state index < -0.39 is 18.2 Å². The molecule has 3 aromatic rings. The highest BCUT2D eigenvalue weighted by molar-refractivity contribution is 6.34. The lowest BCUT2D eigenvalue weighted by atomic mass is 10.1. The monoisotopic (exact) mass is 537 g/mol. The maximum absolute atomic E-state index is 12.8. The fourth-order valence-corrected chi connectivity index (χ4v) is 4.23. The van der Waals surface area contributed by atoms with Gasteiger partial charge < -0.3 is 14.0 Å². The predicted octanol–water partition coefficient (Wildman–Crippen LogP) is 6.74. The van der Waals surface area contributed by atoms with Gasteiger partial charge in [0.05, 0.1) is 10.6 Å². The normalized spacial score (nSPS) is 11.6. The fourth-order valence-electron chi connectivity index (χ4n) is 3.65. The number of nitrogens with zero attached hydrogens (tertiary/aromatic N) is 1. The average Bonchev–Trinajstić information content (AvgIpc) is 2.79. The van der Waals surface area contributed by atoms with Gasteiger partial charge in [0.2, 0.25) is 0 Å². The highest BCUT2D eigenvalue weighted by Crippen LogP contribution is 2.23. The van der Waals surface area contributed by atoms with Gasteiger partial charge in [-0.3, -0.25) is 4.79 Å². The number of pyridine rings is 1. The SMILES string of the molecule is CC(C)(C)OC(=O)c1ccc(CCn2c(CCc3cccc(OC(F)F)c3)c(Cl)cc(Cl)c2=O)cc1. The highest BCUT2D eigenvalue weighted by Gasteiger charge is 2.18. The zero-order valence-corrected chi connectivity index (χ0v) is 21.7. The van der Waals surface area contributed by atoms with E-state index in [0.29, 0.717) is 42.1 Å². The molecule has 0 bridgehead atoms. The van der Waals surface area contributed by atoms with E-state index in [2.05, 4.69) is 4.74 Å². The van der Waals surface area contributed by atoms with Crippen LogP contribution in [-0.4, -0.2) is 22.7 Å². The number of halogens is 4. The molecule has 0 unspecified atom stereocenters. The molecule has 36 heavy (non-hydrogen) atoms. The molecule has 0 atom stereocenters. The first-order chi connectivity index (χ1) is 16.9. The second-order valence-electron chi connectivity index (χ2n) is 9.22. The van der Waals surface area contributed by atoms with Gasteiger partial charge >= 0.3 is 12.6 Å². The standard InChI is InChI=1S/C27H27Cl2F2NO4/c1-27(2,3)36-25(34)19-10-7-17(8-11-19)13-14-32-23(21(28)16-22(29)24(32)33)12-9-18-5-4-6-20(15-18)35-26(30)31/h4-8,10-11,15-16,26H,9,12-14H2,1-3H3. The molecule has 5 nitrogen and oxygen atoms in total. The summed E-state index contributed by atoms with van der Waals surface area (Å²) >= 11 is 12.6. The van der Waals surface area contributed by atoms with E-state index in [1.54, 1.807) is 45.0 Å². The topological polar surface area (TPSA) is 57.5 Å². The van der Waals surface area contributed by atoms with E-state index in [4.69, 9.17) is 27.9 Å². The number of hydrogen-bond donors (Lipinski definition) is 0. The summed E-state index contributed by atoms with van der Waals surface area (Å²) in [7, 11) is 0. The van der Waals surface area contributed by atoms with Crippen molar-refractivity contribution in [1.29, 1.82) is 0 Å². The first-order valence-corrected chi connectivity index (χ1v) is 12.1. The molecular weight excluding hydrogens is 511 g/mol. The second-order valence-corrected chi connectivity index (χ2v) is 10.0. The van der Waals surface area contributed by atoms with Crippen molar-refractivity contribution in [3.63, 3.8) is 0 Å². The number of esters is 1. The number of hydrogen-bond acceptors (Lipinski definition) is 4. The van der Waals surface area contributed by atoms with Crippen LogP contribution in [0, 0.1) is 0 Å². The molecule has 0 radical (unpaired) electrons. The van der Waals surface area contributed by atoms with Gasteiger partial charge in [-0.05, 0) is 81.5 Å². The molecule has 0 aliphatic carbocycles. The van der Waals surface area contributed by atoms with E-state index in [9.17, 15) is 18.4 Å². The van der Waals surface area contributed by atoms with Gasteiger partial charge in [0.25, 0.3) is 5.56 Å². The van der Waals surface area contributed by atoms with E-state index >= 15 is 0 Å². The van der Waals surface area contributed by atoms with Gasteiger partial charge in [-0.25, -0.2) is 4.79 Å². The number of aromatic nitrogens is 1. The summed E-state index contributed by atoms with van der Waals surface area (Å²) in [5.41, 5.74) is 1.75. The second kappa shape index (κ2) is 11.9. The van der Waals surface area contributed by atoms with Crippen molar-refractivity contribution in [2.75, 3.05) is 0 Å². The van der Waals surface area contributed by atoms with Gasteiger partial charge in [-0.2, -0.15) is 8.78 Å². The molecule has 0 spiro atoms. The molecular formula is C27H27Cl2F2NO4. The smallest absolute Gasteiger partial charge is 0.387 e. The molecule has 1 heterocycles. The van der Waals surface area contributed by atoms with Gasteiger partial charge in [0.1, 0.15) is 16.4 Å². The Morgan fingerprint density at radius 2 is 1.64 bits per heavy atom. The molecule has 0 saturated carbocycles. The first-order valence-electron chi connectivity index (χ1n) is 11.4. The van der Waals surface area contributed by atoms with Gasteiger partial charge in [-0.1, -0.05) is 47.5 Å². The van der Waals surface area contributed by atoms with Crippen LogP contribution < -0.4 is 10.3 Å². The van der Waals surface area contributed by atoms with Gasteiger partial charge in [-0.15, -0.1) is 0 Å². The van der Waals surface area contributed by atoms with Crippen LogP contribution in [0.2, 0.25) is 10.0 Å². The number of benzene rings is 2. The minimum absolute atomic E-state index is 0.0105. The Kier molecular flexibility index (Phi) is 9.14. The Morgan fingerprint density at radius 3 is 2.28 bits per heavy atom. The van der Waals surface area contributed by atoms with Crippen LogP contribution in [-0.2, 0) is 30.5 Å². The molecule has 1 aromatic heterocycles. The molecule has 192 valence electrons. The lowest BCUT2D eigenvalue weighted by molar-refractivity contribution is -0.0498. The minimum atomic E-state index is -2.91. The Morgan fingerprint density at radius 1 is 0.944 bits per heavy atom. The van der Waals surface area contributed by atoms with Gasteiger partial charge in [0, 0.05) is 12.2 Å². The molecule has 0 fully saturated rings. The molecule has 9 heteroatoms. The maximum atomic E-state index is 12.8. The lowest BCUT2D eigenvalue weighted by Gasteiger charge is -2.19. The highest BCUT2D eigenvalue weighted by atomic mass is 35.5. The minimum Gasteiger partial charge on any atom is -0.456 e. The number of aryl methyl sites for hydroxylation is 2. The maximum Gasteiger partial charge on any atom is 0.387 e. The number of carbonyl (C=O) groups is 1. The van der Waals surface area contributed by atoms with E-state index in [-0.39, 0.29) is 16.3 Å². The fraction of sp³-hybridized carbons (Fsp3) is 0.333. The lowest BCUT2D eigenvalue weighted by Crippen LogP contribution is -2.26. The predicted molar refractivity (Wildman–Crippen MR) is 137 cm³/mol. The summed E-state index contributed by atoms with van der Waals surface area (Å²) in [6.07, 6.45) is 1.34. The van der Waals surface area contributed by atoms with Crippen LogP contribution in [0.15, 0.2) is 59.4 Å². The average molecular weight is 538 g/mol. The van der Waals surface area contributed by atoms with Crippen molar-refractivity contribution in [2.24, 2.45) is 0 Å². The van der Waals surface area contributed by atoms with E-state index in [1.165, 1.54) is 22.8 Å². The third-order valence-corrected chi connectivity index (χ3v) is 5.89. The van der Waals surface area contributed by atoms with Crippen molar-refractivity contribution in [1.82, 2.24) is 4.57 Å². The van der Waals surface area contributed by atoms with Gasteiger partial charge in [0.15, 0.2) is 0 Å². The Labute approximate surface area is 218 Å². The zero-order valence-electron chi connectivity index (χ0n) is 20.2. The van der Waals surface area contributed by atoms with E-state index in [0.717, 1.165) is 11.1 Å². The summed E-state index contributed by atoms with van der Waals surface area (Å²) in [5, 5.41) is 0.358. The molecule has 0 amide bonds. The summed E-state index contributed by atoms with van der Waals surface area (Å²) in [6, 6.07) is 14.8. The number of rotatable bonds is 9. The summed E-state index contributed by atoms with van der Waals surface area (Å²) in [4.78, 5) is 25.1. The largest absolute Gasteiger partial charge is 0.456 e. The molecule has 0 N–H and O–H groups in total. The third-order valence-electron chi connectivity index (χ3n) is 5.29. The van der Waals surface area contributed by atoms with Crippen molar-refractivity contribution >= 4 is 29.2 Å². The molecule has 2 aromatic carbocycles. The number of carbonyl (C=O) groups excluding carboxylic acids is 1. The van der Waals surface area contributed by atoms with E-state index in [1.807, 2.05) is 12.1 Å². The van der Waals surface area contributed by atoms with Crippen molar-refractivity contribution in [3.05, 3.63) is 97.4 Å².